The van der Waals surface area contributed by atoms with E-state index in [2.05, 4.69) is 16.0 Å². The van der Waals surface area contributed by atoms with Crippen molar-refractivity contribution in [2.75, 3.05) is 4.90 Å². The summed E-state index contributed by atoms with van der Waals surface area (Å²) in [5, 5.41) is 9.77. The van der Waals surface area contributed by atoms with E-state index in [1.54, 1.807) is 0 Å². The molecule has 1 aromatic heterocycles. The fourth-order valence-corrected chi connectivity index (χ4v) is 3.21. The second-order valence-electron chi connectivity index (χ2n) is 5.15. The van der Waals surface area contributed by atoms with Gasteiger partial charge in [-0.1, -0.05) is 6.07 Å². The molecular weight excluding hydrogens is 214 g/mol. The van der Waals surface area contributed by atoms with Gasteiger partial charge in [-0.05, 0) is 37.3 Å². The monoisotopic (exact) mass is 233 g/mol. The van der Waals surface area contributed by atoms with Gasteiger partial charge < -0.3 is 15.7 Å². The van der Waals surface area contributed by atoms with Crippen LogP contribution in [-0.2, 0) is 6.54 Å². The van der Waals surface area contributed by atoms with Crippen molar-refractivity contribution < 1.29 is 5.11 Å². The summed E-state index contributed by atoms with van der Waals surface area (Å²) in [5.74, 6) is 1.04. The molecule has 0 radical (unpaired) electrons. The number of aromatic nitrogens is 1. The van der Waals surface area contributed by atoms with E-state index < -0.39 is 0 Å². The molecule has 2 aliphatic rings. The normalized spacial score (nSPS) is 31.9. The van der Waals surface area contributed by atoms with Gasteiger partial charge in [-0.3, -0.25) is 0 Å². The van der Waals surface area contributed by atoms with Crippen LogP contribution < -0.4 is 10.6 Å². The highest BCUT2D eigenvalue weighted by Crippen LogP contribution is 2.38. The highest BCUT2D eigenvalue weighted by Gasteiger charge is 2.40. The quantitative estimate of drug-likeness (QED) is 0.801. The lowest BCUT2D eigenvalue weighted by molar-refractivity contribution is 0.126. The van der Waals surface area contributed by atoms with E-state index in [4.69, 9.17) is 5.73 Å². The first kappa shape index (κ1) is 11.0. The van der Waals surface area contributed by atoms with Crippen LogP contribution in [0.4, 0.5) is 5.82 Å². The molecule has 2 aliphatic heterocycles. The maximum atomic E-state index is 9.77. The Kier molecular flexibility index (Phi) is 2.76. The van der Waals surface area contributed by atoms with Crippen molar-refractivity contribution in [3.8, 4) is 0 Å². The lowest BCUT2D eigenvalue weighted by Crippen LogP contribution is -2.45. The zero-order chi connectivity index (χ0) is 11.8. The fraction of sp³-hybridized carbons (Fsp3) is 0.615. The van der Waals surface area contributed by atoms with E-state index in [1.165, 1.54) is 12.8 Å². The van der Waals surface area contributed by atoms with Gasteiger partial charge in [0.2, 0.25) is 0 Å². The van der Waals surface area contributed by atoms with E-state index in [-0.39, 0.29) is 6.10 Å². The first-order valence-electron chi connectivity index (χ1n) is 6.39. The highest BCUT2D eigenvalue weighted by molar-refractivity contribution is 5.44. The predicted octanol–water partition coefficient (Wildman–Crippen LogP) is 1.03. The minimum absolute atomic E-state index is 0.118. The molecule has 4 nitrogen and oxygen atoms in total. The average Bonchev–Trinajstić information content (AvgIpc) is 2.62. The predicted molar refractivity (Wildman–Crippen MR) is 66.7 cm³/mol. The Hall–Kier alpha value is -1.13. The van der Waals surface area contributed by atoms with Gasteiger partial charge in [0, 0.05) is 24.8 Å². The number of piperidine rings is 1. The van der Waals surface area contributed by atoms with Crippen LogP contribution in [0.1, 0.15) is 31.2 Å². The number of nitrogens with zero attached hydrogens (tertiary/aromatic N) is 2. The van der Waals surface area contributed by atoms with Crippen molar-refractivity contribution in [1.82, 2.24) is 4.98 Å². The number of rotatable bonds is 2. The Morgan fingerprint density at radius 2 is 2.00 bits per heavy atom. The van der Waals surface area contributed by atoms with Gasteiger partial charge in [0.15, 0.2) is 0 Å². The average molecular weight is 233 g/mol. The van der Waals surface area contributed by atoms with E-state index in [9.17, 15) is 5.11 Å². The molecule has 2 saturated heterocycles. The molecule has 3 heterocycles. The SMILES string of the molecule is NCc1ccc(N2C3CCC2CC(O)C3)nc1. The maximum absolute atomic E-state index is 9.77. The van der Waals surface area contributed by atoms with Gasteiger partial charge in [-0.15, -0.1) is 0 Å². The highest BCUT2D eigenvalue weighted by atomic mass is 16.3. The summed E-state index contributed by atoms with van der Waals surface area (Å²) in [6.45, 7) is 0.541. The molecule has 0 aromatic carbocycles. The Balaban J connectivity index is 1.84. The van der Waals surface area contributed by atoms with Crippen LogP contribution >= 0.6 is 0 Å². The van der Waals surface area contributed by atoms with Gasteiger partial charge in [0.1, 0.15) is 5.82 Å². The number of aliphatic hydroxyl groups excluding tert-OH is 1. The molecule has 92 valence electrons. The number of hydrogen-bond acceptors (Lipinski definition) is 4. The lowest BCUT2D eigenvalue weighted by Gasteiger charge is -2.38. The molecule has 4 heteroatoms. The van der Waals surface area contributed by atoms with Crippen molar-refractivity contribution in [3.63, 3.8) is 0 Å². The van der Waals surface area contributed by atoms with Crippen LogP contribution in [0.25, 0.3) is 0 Å². The molecule has 2 bridgehead atoms. The molecule has 1 aromatic rings. The minimum atomic E-state index is -0.118. The smallest absolute Gasteiger partial charge is 0.128 e. The third-order valence-electron chi connectivity index (χ3n) is 4.02. The maximum Gasteiger partial charge on any atom is 0.128 e. The van der Waals surface area contributed by atoms with Crippen LogP contribution in [0.5, 0.6) is 0 Å². The van der Waals surface area contributed by atoms with Crippen LogP contribution in [0.15, 0.2) is 18.3 Å². The second-order valence-corrected chi connectivity index (χ2v) is 5.15. The number of nitrogens with two attached hydrogens (primary N) is 1. The summed E-state index contributed by atoms with van der Waals surface area (Å²) in [6.07, 6.45) is 5.88. The molecule has 0 aliphatic carbocycles. The second kappa shape index (κ2) is 4.27. The van der Waals surface area contributed by atoms with Crippen LogP contribution in [0.3, 0.4) is 0 Å². The molecule has 2 fully saturated rings. The first-order valence-corrected chi connectivity index (χ1v) is 6.39. The van der Waals surface area contributed by atoms with Crippen molar-refractivity contribution >= 4 is 5.82 Å². The van der Waals surface area contributed by atoms with E-state index in [0.717, 1.165) is 24.2 Å². The third-order valence-corrected chi connectivity index (χ3v) is 4.02. The molecule has 2 unspecified atom stereocenters. The number of anilines is 1. The van der Waals surface area contributed by atoms with Crippen molar-refractivity contribution in [1.29, 1.82) is 0 Å². The number of hydrogen-bond donors (Lipinski definition) is 2. The topological polar surface area (TPSA) is 62.4 Å². The summed E-state index contributed by atoms with van der Waals surface area (Å²) < 4.78 is 0. The van der Waals surface area contributed by atoms with Gasteiger partial charge in [-0.2, -0.15) is 0 Å². The Bertz CT molecular complexity index is 378. The van der Waals surface area contributed by atoms with E-state index in [0.29, 0.717) is 18.6 Å². The molecule has 3 N–H and O–H groups in total. The molecule has 0 saturated carbocycles. The fourth-order valence-electron chi connectivity index (χ4n) is 3.21. The molecule has 0 spiro atoms. The number of pyridine rings is 1. The summed E-state index contributed by atoms with van der Waals surface area (Å²) in [7, 11) is 0. The Labute approximate surface area is 101 Å². The van der Waals surface area contributed by atoms with Gasteiger partial charge in [-0.25, -0.2) is 4.98 Å². The number of aliphatic hydroxyl groups is 1. The van der Waals surface area contributed by atoms with E-state index in [1.807, 2.05) is 12.3 Å². The minimum Gasteiger partial charge on any atom is -0.393 e. The zero-order valence-corrected chi connectivity index (χ0v) is 9.92. The van der Waals surface area contributed by atoms with E-state index >= 15 is 0 Å². The summed E-state index contributed by atoms with van der Waals surface area (Å²) >= 11 is 0. The number of fused-ring (bicyclic) bond motifs is 2. The van der Waals surface area contributed by atoms with Crippen LogP contribution in [-0.4, -0.2) is 28.3 Å². The van der Waals surface area contributed by atoms with Gasteiger partial charge in [0.05, 0.1) is 6.10 Å². The van der Waals surface area contributed by atoms with Crippen LogP contribution in [0, 0.1) is 0 Å². The van der Waals surface area contributed by atoms with Crippen molar-refractivity contribution in [2.24, 2.45) is 5.73 Å². The van der Waals surface area contributed by atoms with Gasteiger partial charge >= 0.3 is 0 Å². The lowest BCUT2D eigenvalue weighted by atomic mass is 10.00. The largest absolute Gasteiger partial charge is 0.393 e. The molecule has 3 rings (SSSR count). The Morgan fingerprint density at radius 1 is 1.29 bits per heavy atom. The summed E-state index contributed by atoms with van der Waals surface area (Å²) in [4.78, 5) is 6.90. The van der Waals surface area contributed by atoms with Crippen LogP contribution in [0.2, 0.25) is 0 Å². The van der Waals surface area contributed by atoms with Crippen molar-refractivity contribution in [3.05, 3.63) is 23.9 Å². The molecular formula is C13H19N3O. The van der Waals surface area contributed by atoms with Crippen molar-refractivity contribution in [2.45, 2.75) is 50.4 Å². The molecule has 2 atom stereocenters. The van der Waals surface area contributed by atoms with Gasteiger partial charge in [0.25, 0.3) is 0 Å². The Morgan fingerprint density at radius 3 is 2.53 bits per heavy atom. The summed E-state index contributed by atoms with van der Waals surface area (Å²) in [6, 6.07) is 5.05. The first-order chi connectivity index (χ1) is 8.28. The zero-order valence-electron chi connectivity index (χ0n) is 9.92. The standard InChI is InChI=1S/C13H19N3O/c14-7-9-1-4-13(15-8-9)16-10-2-3-11(16)6-12(17)5-10/h1,4,8,10-12,17H,2-3,5-7,14H2. The third kappa shape index (κ3) is 1.91. The molecule has 17 heavy (non-hydrogen) atoms. The molecule has 0 amide bonds. The summed E-state index contributed by atoms with van der Waals surface area (Å²) in [5.41, 5.74) is 6.64.